The number of likely N-dealkylation sites (N-methyl/N-ethyl adjacent to an activating group) is 1. The summed E-state index contributed by atoms with van der Waals surface area (Å²) in [6.07, 6.45) is -0.242. The SMILES string of the molecule is CN1CCN(c2cc3c(c(-c4ccccc4)c2)CN(C(=O)OC(C)(C)C)C3)CC1. The molecule has 4 rings (SSSR count). The molecule has 2 aromatic carbocycles. The van der Waals surface area contributed by atoms with Crippen LogP contribution in [0.4, 0.5) is 10.5 Å². The summed E-state index contributed by atoms with van der Waals surface area (Å²) in [5.41, 5.74) is 5.65. The van der Waals surface area contributed by atoms with Crippen molar-refractivity contribution in [2.75, 3.05) is 38.1 Å². The maximum atomic E-state index is 12.7. The van der Waals surface area contributed by atoms with E-state index in [0.717, 1.165) is 26.2 Å². The minimum atomic E-state index is -0.487. The minimum absolute atomic E-state index is 0.242. The van der Waals surface area contributed by atoms with Crippen LogP contribution in [0.1, 0.15) is 31.9 Å². The summed E-state index contributed by atoms with van der Waals surface area (Å²) in [7, 11) is 2.17. The molecular weight excluding hydrogens is 362 g/mol. The number of ether oxygens (including phenoxy) is 1. The zero-order valence-corrected chi connectivity index (χ0v) is 17.9. The molecular formula is C24H31N3O2. The molecule has 5 heteroatoms. The Morgan fingerprint density at radius 2 is 1.66 bits per heavy atom. The summed E-state index contributed by atoms with van der Waals surface area (Å²) in [6, 6.07) is 15.1. The number of nitrogens with zero attached hydrogens (tertiary/aromatic N) is 3. The highest BCUT2D eigenvalue weighted by atomic mass is 16.6. The number of carbonyl (C=O) groups excluding carboxylic acids is 1. The molecule has 0 unspecified atom stereocenters. The van der Waals surface area contributed by atoms with Crippen LogP contribution < -0.4 is 4.90 Å². The van der Waals surface area contributed by atoms with Gasteiger partial charge in [-0.25, -0.2) is 4.79 Å². The molecule has 0 aromatic heterocycles. The first kappa shape index (κ1) is 19.8. The van der Waals surface area contributed by atoms with Crippen molar-refractivity contribution in [2.45, 2.75) is 39.5 Å². The molecule has 29 heavy (non-hydrogen) atoms. The third kappa shape index (κ3) is 4.40. The summed E-state index contributed by atoms with van der Waals surface area (Å²) in [5, 5.41) is 0. The standard InChI is InChI=1S/C24H31N3O2/c1-24(2,3)29-23(28)27-16-19-14-20(26-12-10-25(4)11-13-26)15-21(22(19)17-27)18-8-6-5-7-9-18/h5-9,14-15H,10-13,16-17H2,1-4H3. The highest BCUT2D eigenvalue weighted by molar-refractivity contribution is 5.77. The van der Waals surface area contributed by atoms with Crippen molar-refractivity contribution >= 4 is 11.8 Å². The minimum Gasteiger partial charge on any atom is -0.444 e. The van der Waals surface area contributed by atoms with Crippen LogP contribution in [-0.2, 0) is 17.8 Å². The molecule has 1 fully saturated rings. The first-order valence-electron chi connectivity index (χ1n) is 10.4. The number of carbonyl (C=O) groups is 1. The molecule has 0 atom stereocenters. The van der Waals surface area contributed by atoms with Crippen molar-refractivity contribution in [3.63, 3.8) is 0 Å². The summed E-state index contributed by atoms with van der Waals surface area (Å²) >= 11 is 0. The van der Waals surface area contributed by atoms with Crippen molar-refractivity contribution < 1.29 is 9.53 Å². The number of rotatable bonds is 2. The zero-order valence-electron chi connectivity index (χ0n) is 17.9. The molecule has 0 spiro atoms. The van der Waals surface area contributed by atoms with Crippen LogP contribution in [0.5, 0.6) is 0 Å². The van der Waals surface area contributed by atoms with Gasteiger partial charge in [0.2, 0.25) is 0 Å². The average molecular weight is 394 g/mol. The second kappa shape index (κ2) is 7.71. The van der Waals surface area contributed by atoms with Gasteiger partial charge in [0, 0.05) is 38.4 Å². The zero-order chi connectivity index (χ0) is 20.6. The summed E-state index contributed by atoms with van der Waals surface area (Å²) in [6.45, 7) is 11.1. The van der Waals surface area contributed by atoms with E-state index in [1.54, 1.807) is 0 Å². The lowest BCUT2D eigenvalue weighted by molar-refractivity contribution is 0.0242. The molecule has 2 heterocycles. The van der Waals surface area contributed by atoms with Gasteiger partial charge < -0.3 is 14.5 Å². The van der Waals surface area contributed by atoms with Crippen molar-refractivity contribution in [3.05, 3.63) is 53.6 Å². The number of benzene rings is 2. The summed E-state index contributed by atoms with van der Waals surface area (Å²) in [4.78, 5) is 19.3. The lowest BCUT2D eigenvalue weighted by Gasteiger charge is -2.34. The van der Waals surface area contributed by atoms with Gasteiger partial charge in [0.25, 0.3) is 0 Å². The number of fused-ring (bicyclic) bond motifs is 1. The van der Waals surface area contributed by atoms with Crippen molar-refractivity contribution in [2.24, 2.45) is 0 Å². The van der Waals surface area contributed by atoms with Gasteiger partial charge in [-0.2, -0.15) is 0 Å². The van der Waals surface area contributed by atoms with Gasteiger partial charge in [-0.3, -0.25) is 4.90 Å². The van der Waals surface area contributed by atoms with Gasteiger partial charge in [0.1, 0.15) is 5.60 Å². The predicted octanol–water partition coefficient (Wildman–Crippen LogP) is 4.36. The van der Waals surface area contributed by atoms with Gasteiger partial charge in [0.05, 0.1) is 6.54 Å². The monoisotopic (exact) mass is 393 g/mol. The number of hydrogen-bond donors (Lipinski definition) is 0. The first-order valence-corrected chi connectivity index (χ1v) is 10.4. The van der Waals surface area contributed by atoms with E-state index in [9.17, 15) is 4.79 Å². The second-order valence-electron chi connectivity index (χ2n) is 9.12. The van der Waals surface area contributed by atoms with Crippen molar-refractivity contribution in [1.29, 1.82) is 0 Å². The fourth-order valence-corrected chi connectivity index (χ4v) is 4.07. The fourth-order valence-electron chi connectivity index (χ4n) is 4.07. The maximum absolute atomic E-state index is 12.7. The van der Waals surface area contributed by atoms with Crippen molar-refractivity contribution in [1.82, 2.24) is 9.80 Å². The van der Waals surface area contributed by atoms with Crippen LogP contribution in [0.15, 0.2) is 42.5 Å². The normalized spacial score (nSPS) is 17.4. The van der Waals surface area contributed by atoms with Crippen LogP contribution in [0.25, 0.3) is 11.1 Å². The van der Waals surface area contributed by atoms with Gasteiger partial charge in [-0.15, -0.1) is 0 Å². The molecule has 1 amide bonds. The Morgan fingerprint density at radius 1 is 0.966 bits per heavy atom. The van der Waals surface area contributed by atoms with Crippen LogP contribution >= 0.6 is 0 Å². The number of piperazine rings is 1. The highest BCUT2D eigenvalue weighted by Crippen LogP contribution is 2.37. The number of hydrogen-bond acceptors (Lipinski definition) is 4. The molecule has 2 aromatic rings. The van der Waals surface area contributed by atoms with Gasteiger partial charge >= 0.3 is 6.09 Å². The van der Waals surface area contributed by atoms with Gasteiger partial charge in [-0.05, 0) is 62.2 Å². The quantitative estimate of drug-likeness (QED) is 0.760. The van der Waals surface area contributed by atoms with Gasteiger partial charge in [-0.1, -0.05) is 30.3 Å². The number of amides is 1. The van der Waals surface area contributed by atoms with Gasteiger partial charge in [0.15, 0.2) is 0 Å². The smallest absolute Gasteiger partial charge is 0.410 e. The van der Waals surface area contributed by atoms with E-state index in [0.29, 0.717) is 13.1 Å². The van der Waals surface area contributed by atoms with Crippen LogP contribution in [0.2, 0.25) is 0 Å². The maximum Gasteiger partial charge on any atom is 0.410 e. The molecule has 0 bridgehead atoms. The molecule has 1 saturated heterocycles. The Labute approximate surface area is 173 Å². The van der Waals surface area contributed by atoms with E-state index in [2.05, 4.69) is 53.2 Å². The lowest BCUT2D eigenvalue weighted by Crippen LogP contribution is -2.44. The molecule has 0 saturated carbocycles. The molecule has 0 aliphatic carbocycles. The van der Waals surface area contributed by atoms with E-state index < -0.39 is 5.60 Å². The average Bonchev–Trinajstić information content (AvgIpc) is 3.12. The lowest BCUT2D eigenvalue weighted by atomic mass is 9.95. The van der Waals surface area contributed by atoms with Crippen LogP contribution in [-0.4, -0.2) is 54.7 Å². The third-order valence-electron chi connectivity index (χ3n) is 5.64. The topological polar surface area (TPSA) is 36.0 Å². The fraction of sp³-hybridized carbons (Fsp3) is 0.458. The second-order valence-corrected chi connectivity index (χ2v) is 9.12. The van der Waals surface area contributed by atoms with E-state index in [1.165, 1.54) is 27.9 Å². The van der Waals surface area contributed by atoms with Crippen LogP contribution in [0, 0.1) is 0 Å². The van der Waals surface area contributed by atoms with E-state index in [4.69, 9.17) is 4.74 Å². The third-order valence-corrected chi connectivity index (χ3v) is 5.64. The predicted molar refractivity (Wildman–Crippen MR) is 117 cm³/mol. The molecule has 0 N–H and O–H groups in total. The van der Waals surface area contributed by atoms with Crippen LogP contribution in [0.3, 0.4) is 0 Å². The van der Waals surface area contributed by atoms with E-state index in [-0.39, 0.29) is 6.09 Å². The number of anilines is 1. The molecule has 2 aliphatic rings. The summed E-state index contributed by atoms with van der Waals surface area (Å²) < 4.78 is 5.63. The van der Waals surface area contributed by atoms with Crippen molar-refractivity contribution in [3.8, 4) is 11.1 Å². The molecule has 0 radical (unpaired) electrons. The Kier molecular flexibility index (Phi) is 5.26. The molecule has 5 nitrogen and oxygen atoms in total. The Balaban J connectivity index is 1.68. The Hall–Kier alpha value is -2.53. The summed E-state index contributed by atoms with van der Waals surface area (Å²) in [5.74, 6) is 0. The molecule has 154 valence electrons. The van der Waals surface area contributed by atoms with E-state index in [1.807, 2.05) is 31.7 Å². The first-order chi connectivity index (χ1) is 13.8. The Morgan fingerprint density at radius 3 is 2.31 bits per heavy atom. The molecule has 2 aliphatic heterocycles. The highest BCUT2D eigenvalue weighted by Gasteiger charge is 2.30. The van der Waals surface area contributed by atoms with E-state index >= 15 is 0 Å². The Bertz CT molecular complexity index is 881. The largest absolute Gasteiger partial charge is 0.444 e.